The number of para-hydroxylation sites is 1. The Morgan fingerprint density at radius 2 is 2.17 bits per heavy atom. The summed E-state index contributed by atoms with van der Waals surface area (Å²) in [6, 6.07) is 8.48. The first-order valence-corrected chi connectivity index (χ1v) is 6.97. The highest BCUT2D eigenvalue weighted by Crippen LogP contribution is 2.32. The molecular weight excluding hydrogens is 226 g/mol. The van der Waals surface area contributed by atoms with Crippen LogP contribution in [0.2, 0.25) is 0 Å². The van der Waals surface area contributed by atoms with Gasteiger partial charge in [-0.2, -0.15) is 0 Å². The van der Waals surface area contributed by atoms with E-state index in [1.54, 1.807) is 0 Å². The second kappa shape index (κ2) is 5.72. The fourth-order valence-corrected chi connectivity index (χ4v) is 2.83. The molecule has 1 aromatic carbocycles. The Morgan fingerprint density at radius 1 is 1.22 bits per heavy atom. The van der Waals surface area contributed by atoms with E-state index in [0.717, 1.165) is 38.5 Å². The first-order chi connectivity index (χ1) is 8.93. The van der Waals surface area contributed by atoms with Crippen molar-refractivity contribution in [3.05, 3.63) is 29.8 Å². The third kappa shape index (κ3) is 2.68. The van der Waals surface area contributed by atoms with Crippen molar-refractivity contribution in [2.45, 2.75) is 31.3 Å². The number of piperidine rings is 1. The Balaban J connectivity index is 1.75. The number of hydrogen-bond donors (Lipinski definition) is 1. The maximum absolute atomic E-state index is 6.11. The molecule has 0 spiro atoms. The first-order valence-electron chi connectivity index (χ1n) is 6.97. The van der Waals surface area contributed by atoms with Crippen LogP contribution in [0.15, 0.2) is 24.3 Å². The summed E-state index contributed by atoms with van der Waals surface area (Å²) in [5.74, 6) is 1.65. The molecule has 18 heavy (non-hydrogen) atoms. The van der Waals surface area contributed by atoms with Gasteiger partial charge in [0, 0.05) is 18.9 Å². The van der Waals surface area contributed by atoms with Crippen molar-refractivity contribution in [1.82, 2.24) is 5.32 Å². The van der Waals surface area contributed by atoms with E-state index in [9.17, 15) is 0 Å². The highest BCUT2D eigenvalue weighted by molar-refractivity contribution is 5.37. The van der Waals surface area contributed by atoms with Gasteiger partial charge >= 0.3 is 0 Å². The normalized spacial score (nSPS) is 28.2. The summed E-state index contributed by atoms with van der Waals surface area (Å²) in [6.07, 6.45) is 3.76. The zero-order valence-corrected chi connectivity index (χ0v) is 10.7. The predicted molar refractivity (Wildman–Crippen MR) is 71.1 cm³/mol. The standard InChI is InChI=1S/C15H21NO2/c1-2-6-15(18-13-7-9-17-11-13)14(5-1)12-4-3-8-16-10-12/h1-2,5-6,12-13,16H,3-4,7-11H2. The van der Waals surface area contributed by atoms with Crippen LogP contribution in [0.4, 0.5) is 0 Å². The summed E-state index contributed by atoms with van der Waals surface area (Å²) < 4.78 is 11.5. The molecule has 2 unspecified atom stereocenters. The SMILES string of the molecule is c1ccc(C2CCCNC2)c(OC2CCOC2)c1. The van der Waals surface area contributed by atoms with Gasteiger partial charge in [-0.15, -0.1) is 0 Å². The first kappa shape index (κ1) is 12.0. The van der Waals surface area contributed by atoms with Crippen molar-refractivity contribution in [3.63, 3.8) is 0 Å². The summed E-state index contributed by atoms with van der Waals surface area (Å²) in [6.45, 7) is 3.78. The molecule has 98 valence electrons. The van der Waals surface area contributed by atoms with E-state index in [2.05, 4.69) is 29.6 Å². The number of hydrogen-bond acceptors (Lipinski definition) is 3. The molecule has 0 aliphatic carbocycles. The van der Waals surface area contributed by atoms with Gasteiger partial charge in [0.25, 0.3) is 0 Å². The van der Waals surface area contributed by atoms with Crippen LogP contribution in [-0.4, -0.2) is 32.4 Å². The summed E-state index contributed by atoms with van der Waals surface area (Å²) >= 11 is 0. The van der Waals surface area contributed by atoms with Gasteiger partial charge in [0.1, 0.15) is 11.9 Å². The van der Waals surface area contributed by atoms with Crippen LogP contribution in [0.5, 0.6) is 5.75 Å². The van der Waals surface area contributed by atoms with Crippen molar-refractivity contribution in [2.24, 2.45) is 0 Å². The third-order valence-electron chi connectivity index (χ3n) is 3.84. The van der Waals surface area contributed by atoms with Crippen molar-refractivity contribution >= 4 is 0 Å². The Hall–Kier alpha value is -1.06. The Morgan fingerprint density at radius 3 is 2.94 bits per heavy atom. The van der Waals surface area contributed by atoms with E-state index in [-0.39, 0.29) is 6.10 Å². The lowest BCUT2D eigenvalue weighted by atomic mass is 9.91. The predicted octanol–water partition coefficient (Wildman–Crippen LogP) is 2.32. The van der Waals surface area contributed by atoms with Crippen molar-refractivity contribution < 1.29 is 9.47 Å². The van der Waals surface area contributed by atoms with Gasteiger partial charge in [-0.25, -0.2) is 0 Å². The lowest BCUT2D eigenvalue weighted by Gasteiger charge is -2.26. The molecule has 2 fully saturated rings. The van der Waals surface area contributed by atoms with Crippen LogP contribution in [-0.2, 0) is 4.74 Å². The number of ether oxygens (including phenoxy) is 2. The zero-order chi connectivity index (χ0) is 12.2. The van der Waals surface area contributed by atoms with Crippen molar-refractivity contribution in [1.29, 1.82) is 0 Å². The molecule has 1 aromatic rings. The van der Waals surface area contributed by atoms with Crippen molar-refractivity contribution in [3.8, 4) is 5.75 Å². The lowest BCUT2D eigenvalue weighted by molar-refractivity contribution is 0.140. The molecule has 3 nitrogen and oxygen atoms in total. The van der Waals surface area contributed by atoms with Gasteiger partial charge in [-0.1, -0.05) is 18.2 Å². The summed E-state index contributed by atoms with van der Waals surface area (Å²) in [5, 5.41) is 3.47. The number of nitrogens with one attached hydrogen (secondary N) is 1. The molecule has 0 aromatic heterocycles. The molecule has 2 atom stereocenters. The molecule has 2 aliphatic rings. The second-order valence-corrected chi connectivity index (χ2v) is 5.18. The van der Waals surface area contributed by atoms with Gasteiger partial charge in [-0.05, 0) is 31.0 Å². The van der Waals surface area contributed by atoms with E-state index < -0.39 is 0 Å². The molecule has 0 radical (unpaired) electrons. The van der Waals surface area contributed by atoms with Crippen LogP contribution in [0, 0.1) is 0 Å². The minimum Gasteiger partial charge on any atom is -0.488 e. The maximum Gasteiger partial charge on any atom is 0.124 e. The summed E-state index contributed by atoms with van der Waals surface area (Å²) in [4.78, 5) is 0. The van der Waals surface area contributed by atoms with E-state index in [4.69, 9.17) is 9.47 Å². The highest BCUT2D eigenvalue weighted by atomic mass is 16.5. The molecule has 0 bridgehead atoms. The molecule has 0 saturated carbocycles. The van der Waals surface area contributed by atoms with Gasteiger partial charge < -0.3 is 14.8 Å². The van der Waals surface area contributed by atoms with E-state index >= 15 is 0 Å². The molecule has 3 rings (SSSR count). The Kier molecular flexibility index (Phi) is 3.81. The van der Waals surface area contributed by atoms with Crippen LogP contribution >= 0.6 is 0 Å². The smallest absolute Gasteiger partial charge is 0.124 e. The maximum atomic E-state index is 6.11. The van der Waals surface area contributed by atoms with Crippen LogP contribution in [0.3, 0.4) is 0 Å². The molecule has 3 heteroatoms. The lowest BCUT2D eigenvalue weighted by Crippen LogP contribution is -2.29. The number of rotatable bonds is 3. The van der Waals surface area contributed by atoms with Gasteiger partial charge in [0.15, 0.2) is 0 Å². The average molecular weight is 247 g/mol. The second-order valence-electron chi connectivity index (χ2n) is 5.18. The van der Waals surface area contributed by atoms with Gasteiger partial charge in [0.2, 0.25) is 0 Å². The summed E-state index contributed by atoms with van der Waals surface area (Å²) in [7, 11) is 0. The average Bonchev–Trinajstić information content (AvgIpc) is 2.93. The van der Waals surface area contributed by atoms with Crippen LogP contribution in [0.1, 0.15) is 30.7 Å². The van der Waals surface area contributed by atoms with Gasteiger partial charge in [0.05, 0.1) is 13.2 Å². The molecule has 1 N–H and O–H groups in total. The number of benzene rings is 1. The minimum atomic E-state index is 0.239. The molecule has 2 saturated heterocycles. The fourth-order valence-electron chi connectivity index (χ4n) is 2.83. The third-order valence-corrected chi connectivity index (χ3v) is 3.84. The molecule has 0 amide bonds. The molecule has 2 heterocycles. The van der Waals surface area contributed by atoms with Crippen molar-refractivity contribution in [2.75, 3.05) is 26.3 Å². The molecule has 2 aliphatic heterocycles. The minimum absolute atomic E-state index is 0.239. The van der Waals surface area contributed by atoms with Crippen LogP contribution in [0.25, 0.3) is 0 Å². The van der Waals surface area contributed by atoms with E-state index in [1.807, 2.05) is 0 Å². The van der Waals surface area contributed by atoms with Crippen LogP contribution < -0.4 is 10.1 Å². The fraction of sp³-hybridized carbons (Fsp3) is 0.600. The largest absolute Gasteiger partial charge is 0.488 e. The monoisotopic (exact) mass is 247 g/mol. The van der Waals surface area contributed by atoms with Gasteiger partial charge in [-0.3, -0.25) is 0 Å². The van der Waals surface area contributed by atoms with E-state index in [0.29, 0.717) is 5.92 Å². The highest BCUT2D eigenvalue weighted by Gasteiger charge is 2.22. The Bertz CT molecular complexity index is 382. The quantitative estimate of drug-likeness (QED) is 0.889. The topological polar surface area (TPSA) is 30.5 Å². The Labute approximate surface area is 108 Å². The zero-order valence-electron chi connectivity index (χ0n) is 10.7. The molecular formula is C15H21NO2. The van der Waals surface area contributed by atoms with E-state index in [1.165, 1.54) is 18.4 Å². The summed E-state index contributed by atoms with van der Waals surface area (Å²) in [5.41, 5.74) is 1.36.